The number of carboxylic acids is 1. The molecule has 0 fully saturated rings. The molecule has 6 heteroatoms. The van der Waals surface area contributed by atoms with Gasteiger partial charge in [0.05, 0.1) is 19.9 Å². The lowest BCUT2D eigenvalue weighted by Gasteiger charge is -2.15. The number of benzene rings is 1. The first-order valence-electron chi connectivity index (χ1n) is 5.44. The Labute approximate surface area is 106 Å². The number of rotatable bonds is 6. The van der Waals surface area contributed by atoms with Gasteiger partial charge in [0.2, 0.25) is 0 Å². The van der Waals surface area contributed by atoms with E-state index in [4.69, 9.17) is 20.3 Å². The fraction of sp³-hybridized carbons (Fsp3) is 0.417. The van der Waals surface area contributed by atoms with Crippen LogP contribution >= 0.6 is 0 Å². The van der Waals surface area contributed by atoms with Gasteiger partial charge < -0.3 is 25.6 Å². The summed E-state index contributed by atoms with van der Waals surface area (Å²) in [6.45, 7) is 2.01. The van der Waals surface area contributed by atoms with Gasteiger partial charge >= 0.3 is 5.97 Å². The molecule has 1 unspecified atom stereocenters. The van der Waals surface area contributed by atoms with E-state index in [1.165, 1.54) is 0 Å². The highest BCUT2D eigenvalue weighted by atomic mass is 16.5. The molecule has 100 valence electrons. The van der Waals surface area contributed by atoms with E-state index in [2.05, 4.69) is 5.32 Å². The van der Waals surface area contributed by atoms with Gasteiger partial charge in [0.25, 0.3) is 0 Å². The standard InChI is InChI=1S/C12H18N2O4/c1-7-4-11(18-3)9(5-10(7)17-2)14-6-8(13)12(15)16/h4-5,8,14H,6,13H2,1-3H3,(H,15,16). The minimum atomic E-state index is -1.06. The lowest BCUT2D eigenvalue weighted by molar-refractivity contribution is -0.138. The Morgan fingerprint density at radius 3 is 2.50 bits per heavy atom. The molecule has 1 aromatic carbocycles. The van der Waals surface area contributed by atoms with Crippen LogP contribution in [0.1, 0.15) is 5.56 Å². The SMILES string of the molecule is COc1cc(NCC(N)C(=O)O)c(OC)cc1C. The summed E-state index contributed by atoms with van der Waals surface area (Å²) < 4.78 is 10.4. The van der Waals surface area contributed by atoms with Crippen LogP contribution in [-0.2, 0) is 4.79 Å². The van der Waals surface area contributed by atoms with Gasteiger partial charge in [-0.2, -0.15) is 0 Å². The molecule has 6 nitrogen and oxygen atoms in total. The molecule has 18 heavy (non-hydrogen) atoms. The van der Waals surface area contributed by atoms with Crippen LogP contribution in [0, 0.1) is 6.92 Å². The van der Waals surface area contributed by atoms with Crippen LogP contribution in [0.4, 0.5) is 5.69 Å². The lowest BCUT2D eigenvalue weighted by atomic mass is 10.1. The number of ether oxygens (including phenoxy) is 2. The largest absolute Gasteiger partial charge is 0.496 e. The number of anilines is 1. The number of carboxylic acid groups (broad SMARTS) is 1. The van der Waals surface area contributed by atoms with Crippen molar-refractivity contribution in [2.24, 2.45) is 5.73 Å². The molecule has 0 aromatic heterocycles. The summed E-state index contributed by atoms with van der Waals surface area (Å²) in [5, 5.41) is 11.6. The molecular formula is C12H18N2O4. The zero-order chi connectivity index (χ0) is 13.7. The van der Waals surface area contributed by atoms with Crippen LogP contribution in [0.5, 0.6) is 11.5 Å². The lowest BCUT2D eigenvalue weighted by Crippen LogP contribution is -2.37. The summed E-state index contributed by atoms with van der Waals surface area (Å²) in [6, 6.07) is 2.60. The predicted molar refractivity (Wildman–Crippen MR) is 68.4 cm³/mol. The summed E-state index contributed by atoms with van der Waals surface area (Å²) in [5.41, 5.74) is 7.00. The van der Waals surface area contributed by atoms with Gasteiger partial charge in [0.1, 0.15) is 17.5 Å². The number of nitrogens with two attached hydrogens (primary N) is 1. The zero-order valence-electron chi connectivity index (χ0n) is 10.7. The van der Waals surface area contributed by atoms with Gasteiger partial charge in [0.15, 0.2) is 0 Å². The highest BCUT2D eigenvalue weighted by Crippen LogP contribution is 2.32. The maximum atomic E-state index is 10.6. The second-order valence-corrected chi connectivity index (χ2v) is 3.85. The first-order valence-corrected chi connectivity index (χ1v) is 5.44. The molecule has 0 aliphatic rings. The molecule has 4 N–H and O–H groups in total. The van der Waals surface area contributed by atoms with Gasteiger partial charge in [0, 0.05) is 12.6 Å². The highest BCUT2D eigenvalue weighted by Gasteiger charge is 2.13. The van der Waals surface area contributed by atoms with Crippen molar-refractivity contribution in [2.45, 2.75) is 13.0 Å². The maximum absolute atomic E-state index is 10.6. The van der Waals surface area contributed by atoms with Crippen molar-refractivity contribution in [3.8, 4) is 11.5 Å². The van der Waals surface area contributed by atoms with E-state index < -0.39 is 12.0 Å². The molecule has 0 radical (unpaired) electrons. The number of nitrogens with one attached hydrogen (secondary N) is 1. The van der Waals surface area contributed by atoms with Gasteiger partial charge in [-0.25, -0.2) is 0 Å². The molecule has 0 saturated heterocycles. The minimum Gasteiger partial charge on any atom is -0.496 e. The monoisotopic (exact) mass is 254 g/mol. The molecule has 1 rings (SSSR count). The number of methoxy groups -OCH3 is 2. The Morgan fingerprint density at radius 2 is 2.00 bits per heavy atom. The van der Waals surface area contributed by atoms with Crippen molar-refractivity contribution in [3.63, 3.8) is 0 Å². The molecular weight excluding hydrogens is 236 g/mol. The average Bonchev–Trinajstić information content (AvgIpc) is 2.36. The molecule has 0 saturated carbocycles. The van der Waals surface area contributed by atoms with Crippen molar-refractivity contribution >= 4 is 11.7 Å². The van der Waals surface area contributed by atoms with E-state index in [0.717, 1.165) is 5.56 Å². The van der Waals surface area contributed by atoms with E-state index in [1.54, 1.807) is 20.3 Å². The fourth-order valence-electron chi connectivity index (χ4n) is 1.50. The van der Waals surface area contributed by atoms with Crippen LogP contribution in [0.2, 0.25) is 0 Å². The summed E-state index contributed by atoms with van der Waals surface area (Å²) >= 11 is 0. The third kappa shape index (κ3) is 3.27. The van der Waals surface area contributed by atoms with Crippen LogP contribution in [0.25, 0.3) is 0 Å². The second kappa shape index (κ2) is 6.11. The number of hydrogen-bond acceptors (Lipinski definition) is 5. The maximum Gasteiger partial charge on any atom is 0.322 e. The van der Waals surface area contributed by atoms with E-state index in [-0.39, 0.29) is 6.54 Å². The van der Waals surface area contributed by atoms with Crippen LogP contribution in [0.3, 0.4) is 0 Å². The van der Waals surface area contributed by atoms with Crippen LogP contribution in [0.15, 0.2) is 12.1 Å². The third-order valence-electron chi connectivity index (χ3n) is 2.55. The Hall–Kier alpha value is -1.95. The van der Waals surface area contributed by atoms with Crippen molar-refractivity contribution in [1.82, 2.24) is 0 Å². The summed E-state index contributed by atoms with van der Waals surface area (Å²) in [6.07, 6.45) is 0. The van der Waals surface area contributed by atoms with E-state index in [9.17, 15) is 4.79 Å². The topological polar surface area (TPSA) is 93.8 Å². The number of carbonyl (C=O) groups is 1. The number of aryl methyl sites for hydroxylation is 1. The van der Waals surface area contributed by atoms with Gasteiger partial charge in [-0.15, -0.1) is 0 Å². The number of hydrogen-bond donors (Lipinski definition) is 3. The van der Waals surface area contributed by atoms with Crippen molar-refractivity contribution in [3.05, 3.63) is 17.7 Å². The van der Waals surface area contributed by atoms with Crippen molar-refractivity contribution < 1.29 is 19.4 Å². The smallest absolute Gasteiger partial charge is 0.322 e. The Kier molecular flexibility index (Phi) is 4.79. The highest BCUT2D eigenvalue weighted by molar-refractivity contribution is 5.74. The van der Waals surface area contributed by atoms with Crippen LogP contribution in [-0.4, -0.2) is 37.9 Å². The molecule has 1 aromatic rings. The average molecular weight is 254 g/mol. The van der Waals surface area contributed by atoms with Gasteiger partial charge in [-0.3, -0.25) is 4.79 Å². The van der Waals surface area contributed by atoms with Gasteiger partial charge in [-0.1, -0.05) is 0 Å². The molecule has 0 aliphatic heterocycles. The molecule has 0 aliphatic carbocycles. The van der Waals surface area contributed by atoms with Gasteiger partial charge in [-0.05, 0) is 18.6 Å². The van der Waals surface area contributed by atoms with E-state index in [1.807, 2.05) is 13.0 Å². The third-order valence-corrected chi connectivity index (χ3v) is 2.55. The number of aliphatic carboxylic acids is 1. The van der Waals surface area contributed by atoms with E-state index >= 15 is 0 Å². The molecule has 1 atom stereocenters. The quantitative estimate of drug-likeness (QED) is 0.696. The Balaban J connectivity index is 2.89. The van der Waals surface area contributed by atoms with E-state index in [0.29, 0.717) is 17.2 Å². The van der Waals surface area contributed by atoms with Crippen molar-refractivity contribution in [2.75, 3.05) is 26.1 Å². The summed E-state index contributed by atoms with van der Waals surface area (Å²) in [4.78, 5) is 10.6. The normalized spacial score (nSPS) is 11.8. The predicted octanol–water partition coefficient (Wildman–Crippen LogP) is 0.836. The Morgan fingerprint density at radius 1 is 1.39 bits per heavy atom. The Bertz CT molecular complexity index is 434. The van der Waals surface area contributed by atoms with Crippen LogP contribution < -0.4 is 20.5 Å². The zero-order valence-corrected chi connectivity index (χ0v) is 10.7. The van der Waals surface area contributed by atoms with Crippen molar-refractivity contribution in [1.29, 1.82) is 0 Å². The summed E-state index contributed by atoms with van der Waals surface area (Å²) in [5.74, 6) is 0.258. The molecule has 0 heterocycles. The second-order valence-electron chi connectivity index (χ2n) is 3.85. The molecule has 0 spiro atoms. The summed E-state index contributed by atoms with van der Waals surface area (Å²) in [7, 11) is 3.12. The fourth-order valence-corrected chi connectivity index (χ4v) is 1.50. The minimum absolute atomic E-state index is 0.109. The first-order chi connectivity index (χ1) is 8.49. The first kappa shape index (κ1) is 14.1. The molecule has 0 bridgehead atoms. The molecule has 0 amide bonds.